The lowest BCUT2D eigenvalue weighted by Gasteiger charge is -2.08. The number of benzene rings is 2. The number of carboxylic acids is 1. The van der Waals surface area contributed by atoms with Gasteiger partial charge >= 0.3 is 5.97 Å². The Kier molecular flexibility index (Phi) is 5.99. The second kappa shape index (κ2) is 9.47. The van der Waals surface area contributed by atoms with Gasteiger partial charge in [-0.3, -0.25) is 5.43 Å². The van der Waals surface area contributed by atoms with E-state index < -0.39 is 5.97 Å². The summed E-state index contributed by atoms with van der Waals surface area (Å²) in [4.78, 5) is 20.4. The lowest BCUT2D eigenvalue weighted by molar-refractivity contribution is 0.0697. The van der Waals surface area contributed by atoms with Crippen LogP contribution in [0.4, 0.5) is 0 Å². The van der Waals surface area contributed by atoms with Crippen LogP contribution < -0.4 is 14.9 Å². The highest BCUT2D eigenvalue weighted by Crippen LogP contribution is 2.38. The number of thioether (sulfide) groups is 1. The van der Waals surface area contributed by atoms with Crippen LogP contribution in [0.3, 0.4) is 0 Å². The Morgan fingerprint density at radius 2 is 2.03 bits per heavy atom. The zero-order valence-corrected chi connectivity index (χ0v) is 21.3. The van der Waals surface area contributed by atoms with Gasteiger partial charge < -0.3 is 23.7 Å². The molecule has 5 aromatic rings. The third-order valence-corrected chi connectivity index (χ3v) is 7.66. The highest BCUT2D eigenvalue weighted by molar-refractivity contribution is 7.99. The summed E-state index contributed by atoms with van der Waals surface area (Å²) in [6, 6.07) is 12.2. The normalized spacial score (nSPS) is 14.5. The van der Waals surface area contributed by atoms with Gasteiger partial charge in [0.1, 0.15) is 34.4 Å². The first kappa shape index (κ1) is 23.4. The Labute approximate surface area is 218 Å². The molecule has 10 nitrogen and oxygen atoms in total. The van der Waals surface area contributed by atoms with Crippen LogP contribution in [0.25, 0.3) is 33.0 Å². The fraction of sp³-hybridized carbons (Fsp3) is 0.160. The molecule has 1 aliphatic heterocycles. The Bertz CT molecular complexity index is 1580. The van der Waals surface area contributed by atoms with Crippen LogP contribution in [-0.2, 0) is 11.3 Å². The topological polar surface area (TPSA) is 121 Å². The molecule has 0 saturated carbocycles. The number of nitrogens with zero attached hydrogens (tertiary/aromatic N) is 3. The third kappa shape index (κ3) is 4.50. The van der Waals surface area contributed by atoms with Gasteiger partial charge in [-0.2, -0.15) is 0 Å². The molecule has 1 unspecified atom stereocenters. The van der Waals surface area contributed by atoms with E-state index in [1.54, 1.807) is 38.5 Å². The first-order valence-electron chi connectivity index (χ1n) is 11.1. The summed E-state index contributed by atoms with van der Waals surface area (Å²) in [6.45, 7) is 0.240. The van der Waals surface area contributed by atoms with Crippen molar-refractivity contribution in [1.82, 2.24) is 14.6 Å². The van der Waals surface area contributed by atoms with Gasteiger partial charge in [-0.15, -0.1) is 11.3 Å². The van der Waals surface area contributed by atoms with Crippen molar-refractivity contribution in [2.45, 2.75) is 17.3 Å². The molecule has 0 fully saturated rings. The Balaban J connectivity index is 1.23. The number of thiazole rings is 1. The molecular weight excluding hydrogens is 516 g/mol. The molecule has 0 bridgehead atoms. The third-order valence-electron chi connectivity index (χ3n) is 5.71. The number of fused-ring (bicyclic) bond motifs is 2. The summed E-state index contributed by atoms with van der Waals surface area (Å²) < 4.78 is 24.8. The van der Waals surface area contributed by atoms with Crippen molar-refractivity contribution in [3.05, 3.63) is 65.3 Å². The molecule has 37 heavy (non-hydrogen) atoms. The van der Waals surface area contributed by atoms with Gasteiger partial charge in [-0.05, 0) is 30.0 Å². The van der Waals surface area contributed by atoms with Gasteiger partial charge in [0.15, 0.2) is 16.5 Å². The number of aromatic nitrogens is 3. The van der Waals surface area contributed by atoms with Crippen molar-refractivity contribution in [3.8, 4) is 33.5 Å². The fourth-order valence-electron chi connectivity index (χ4n) is 3.85. The monoisotopic (exact) mass is 536 g/mol. The maximum Gasteiger partial charge on any atom is 0.335 e. The number of ether oxygens (including phenoxy) is 3. The van der Waals surface area contributed by atoms with E-state index in [9.17, 15) is 4.79 Å². The minimum Gasteiger partial charge on any atom is -0.496 e. The predicted octanol–water partition coefficient (Wildman–Crippen LogP) is 5.28. The average Bonchev–Trinajstić information content (AvgIpc) is 3.69. The molecule has 0 amide bonds. The van der Waals surface area contributed by atoms with Crippen LogP contribution in [0.1, 0.15) is 16.1 Å². The van der Waals surface area contributed by atoms with E-state index in [1.165, 1.54) is 23.1 Å². The molecule has 0 spiro atoms. The molecule has 1 atom stereocenters. The first-order chi connectivity index (χ1) is 18.0. The Morgan fingerprint density at radius 1 is 1.19 bits per heavy atom. The zero-order valence-electron chi connectivity index (χ0n) is 19.6. The number of rotatable bonds is 8. The van der Waals surface area contributed by atoms with Crippen molar-refractivity contribution in [2.24, 2.45) is 0 Å². The number of carbonyl (C=O) groups is 1. The molecule has 12 heteroatoms. The molecule has 0 radical (unpaired) electrons. The number of imidazole rings is 1. The highest BCUT2D eigenvalue weighted by atomic mass is 32.2. The van der Waals surface area contributed by atoms with Crippen LogP contribution in [0.2, 0.25) is 0 Å². The second-order valence-electron chi connectivity index (χ2n) is 8.06. The van der Waals surface area contributed by atoms with Crippen LogP contribution in [0.5, 0.6) is 11.5 Å². The van der Waals surface area contributed by atoms with Gasteiger partial charge in [-0.25, -0.2) is 19.4 Å². The van der Waals surface area contributed by atoms with E-state index in [2.05, 4.69) is 15.4 Å². The van der Waals surface area contributed by atoms with Crippen LogP contribution in [0, 0.1) is 0 Å². The largest absolute Gasteiger partial charge is 0.496 e. The van der Waals surface area contributed by atoms with Crippen molar-refractivity contribution in [2.75, 3.05) is 19.6 Å². The van der Waals surface area contributed by atoms with Crippen LogP contribution in [0.15, 0.2) is 63.6 Å². The number of nitrogens with one attached hydrogen (secondary N) is 1. The number of carboxylic acid groups (broad SMARTS) is 1. The molecule has 0 saturated heterocycles. The van der Waals surface area contributed by atoms with E-state index in [4.69, 9.17) is 23.7 Å². The highest BCUT2D eigenvalue weighted by Gasteiger charge is 2.25. The van der Waals surface area contributed by atoms with E-state index in [1.807, 2.05) is 34.5 Å². The number of hydrogen-bond donors (Lipinski definition) is 2. The Hall–Kier alpha value is -4.00. The van der Waals surface area contributed by atoms with Crippen molar-refractivity contribution < 1.29 is 28.5 Å². The number of furan rings is 1. The second-order valence-corrected chi connectivity index (χ2v) is 9.94. The molecule has 3 aromatic heterocycles. The lowest BCUT2D eigenvalue weighted by Crippen LogP contribution is -2.19. The summed E-state index contributed by atoms with van der Waals surface area (Å²) >= 11 is 2.94. The smallest absolute Gasteiger partial charge is 0.335 e. The van der Waals surface area contributed by atoms with Gasteiger partial charge in [0.05, 0.1) is 30.0 Å². The first-order valence-corrected chi connectivity index (χ1v) is 12.8. The van der Waals surface area contributed by atoms with Gasteiger partial charge in [0.2, 0.25) is 0 Å². The lowest BCUT2D eigenvalue weighted by atomic mass is 10.1. The standard InChI is InChI=1S/C25H20N4O6S2/c1-32-16-7-19(34-11-15-12-36-22(26-15)13-3-5-14(6-4-13)23(30)31)17-9-21(35-20(17)8-16)18-10-29-24(27-18)37-25(28-29)33-2/h3-10,12,25,28H,11H2,1-2H3,(H,30,31). The quantitative estimate of drug-likeness (QED) is 0.271. The molecule has 188 valence electrons. The minimum absolute atomic E-state index is 0.174. The summed E-state index contributed by atoms with van der Waals surface area (Å²) in [5.41, 5.74) is 6.14. The molecule has 6 rings (SSSR count). The van der Waals surface area contributed by atoms with Crippen molar-refractivity contribution >= 4 is 40.0 Å². The number of methoxy groups -OCH3 is 2. The van der Waals surface area contributed by atoms with E-state index in [0.717, 1.165) is 26.8 Å². The number of hydrogen-bond acceptors (Lipinski definition) is 10. The zero-order chi connectivity index (χ0) is 25.5. The molecular formula is C25H20N4O6S2. The minimum atomic E-state index is -0.959. The molecule has 0 aliphatic carbocycles. The maximum absolute atomic E-state index is 11.1. The van der Waals surface area contributed by atoms with Crippen molar-refractivity contribution in [1.29, 1.82) is 0 Å². The van der Waals surface area contributed by atoms with Gasteiger partial charge in [0.25, 0.3) is 0 Å². The van der Waals surface area contributed by atoms with Crippen molar-refractivity contribution in [3.63, 3.8) is 0 Å². The molecule has 1 aliphatic rings. The van der Waals surface area contributed by atoms with Gasteiger partial charge in [0, 0.05) is 30.2 Å². The average molecular weight is 537 g/mol. The molecule has 2 aromatic carbocycles. The van der Waals surface area contributed by atoms with Gasteiger partial charge in [-0.1, -0.05) is 12.1 Å². The number of aromatic carboxylic acids is 1. The predicted molar refractivity (Wildman–Crippen MR) is 139 cm³/mol. The molecule has 4 heterocycles. The Morgan fingerprint density at radius 3 is 2.76 bits per heavy atom. The SMILES string of the molecule is COc1cc(OCc2csc(-c3ccc(C(=O)O)cc3)n2)c2cc(-c3cn4c(n3)SC(OC)N4)oc2c1. The fourth-order valence-corrected chi connectivity index (χ4v) is 5.49. The summed E-state index contributed by atoms with van der Waals surface area (Å²) in [6.07, 6.45) is 1.86. The van der Waals surface area contributed by atoms with Crippen LogP contribution in [-0.4, -0.2) is 45.5 Å². The van der Waals surface area contributed by atoms with Crippen LogP contribution >= 0.6 is 23.1 Å². The maximum atomic E-state index is 11.1. The summed E-state index contributed by atoms with van der Waals surface area (Å²) in [5, 5.41) is 13.4. The summed E-state index contributed by atoms with van der Waals surface area (Å²) in [5.74, 6) is 0.850. The van der Waals surface area contributed by atoms with E-state index in [-0.39, 0.29) is 17.7 Å². The van der Waals surface area contributed by atoms with E-state index >= 15 is 0 Å². The van der Waals surface area contributed by atoms with E-state index in [0.29, 0.717) is 28.5 Å². The summed E-state index contributed by atoms with van der Waals surface area (Å²) in [7, 11) is 3.23. The molecule has 2 N–H and O–H groups in total.